The zero-order valence-electron chi connectivity index (χ0n) is 17.7. The monoisotopic (exact) mass is 560 g/mol. The Bertz CT molecular complexity index is 1460. The minimum absolute atomic E-state index is 0. The van der Waals surface area contributed by atoms with Crippen LogP contribution in [0.15, 0.2) is 70.5 Å². The second-order valence-electron chi connectivity index (χ2n) is 6.41. The van der Waals surface area contributed by atoms with Crippen molar-refractivity contribution in [3.63, 3.8) is 0 Å². The van der Waals surface area contributed by atoms with Gasteiger partial charge in [-0.3, -0.25) is 0 Å². The van der Waals surface area contributed by atoms with E-state index < -0.39 is 41.5 Å². The molecule has 4 aromatic rings. The summed E-state index contributed by atoms with van der Waals surface area (Å²) in [5.74, 6) is -1.13. The molecule has 0 aliphatic carbocycles. The van der Waals surface area contributed by atoms with Crippen LogP contribution in [0.3, 0.4) is 0 Å². The van der Waals surface area contributed by atoms with Crippen molar-refractivity contribution in [1.82, 2.24) is 0 Å². The molecule has 2 N–H and O–H groups in total. The first-order valence-electron chi connectivity index (χ1n) is 8.54. The van der Waals surface area contributed by atoms with Crippen LogP contribution in [0.25, 0.3) is 21.5 Å². The van der Waals surface area contributed by atoms with E-state index in [4.69, 9.17) is 23.2 Å². The van der Waals surface area contributed by atoms with Crippen molar-refractivity contribution >= 4 is 65.0 Å². The maximum absolute atomic E-state index is 11.0. The summed E-state index contributed by atoms with van der Waals surface area (Å²) in [4.78, 5) is -1.26. The molecular formula is C20H12Cl2Na2O8S2. The van der Waals surface area contributed by atoms with Gasteiger partial charge in [0.1, 0.15) is 41.5 Å². The number of halogens is 2. The average molecular weight is 561 g/mol. The van der Waals surface area contributed by atoms with Gasteiger partial charge < -0.3 is 19.3 Å². The minimum atomic E-state index is -4.74. The van der Waals surface area contributed by atoms with Crippen LogP contribution in [0.4, 0.5) is 0 Å². The van der Waals surface area contributed by atoms with E-state index >= 15 is 0 Å². The van der Waals surface area contributed by atoms with E-state index in [0.29, 0.717) is 20.8 Å². The number of hydrogen-bond donors (Lipinski definition) is 2. The van der Waals surface area contributed by atoms with Gasteiger partial charge in [0.15, 0.2) is 0 Å². The second kappa shape index (κ2) is 12.1. The summed E-state index contributed by atoms with van der Waals surface area (Å²) in [5, 5.41) is 20.6. The molecule has 0 atom stereocenters. The van der Waals surface area contributed by atoms with E-state index in [1.165, 1.54) is 36.4 Å². The Hall–Kier alpha value is -0.600. The zero-order valence-corrected chi connectivity index (χ0v) is 24.8. The number of fused-ring (bicyclic) bond motifs is 2. The molecule has 0 saturated carbocycles. The van der Waals surface area contributed by atoms with Crippen molar-refractivity contribution in [2.24, 2.45) is 0 Å². The van der Waals surface area contributed by atoms with Crippen LogP contribution in [0, 0.1) is 0 Å². The largest absolute Gasteiger partial charge is 1.00 e. The summed E-state index contributed by atoms with van der Waals surface area (Å²) in [7, 11) is -9.47. The fourth-order valence-electron chi connectivity index (χ4n) is 3.09. The molecule has 0 saturated heterocycles. The van der Waals surface area contributed by atoms with Gasteiger partial charge in [-0.2, -0.15) is 0 Å². The fraction of sp³-hybridized carbons (Fsp3) is 0. The molecule has 0 spiro atoms. The van der Waals surface area contributed by atoms with Crippen LogP contribution in [0.2, 0.25) is 10.0 Å². The van der Waals surface area contributed by atoms with E-state index in [1.54, 1.807) is 12.1 Å². The third-order valence-corrected chi connectivity index (χ3v) is 6.89. The Labute approximate surface area is 249 Å². The summed E-state index contributed by atoms with van der Waals surface area (Å²) in [6.07, 6.45) is 0. The van der Waals surface area contributed by atoms with Crippen LogP contribution in [0.5, 0.6) is 11.5 Å². The smallest absolute Gasteiger partial charge is 0.744 e. The zero-order chi connectivity index (χ0) is 23.8. The molecule has 4 aromatic carbocycles. The molecule has 4 rings (SSSR count). The summed E-state index contributed by atoms with van der Waals surface area (Å²) in [5.41, 5.74) is 0. The van der Waals surface area contributed by atoms with Crippen molar-refractivity contribution in [2.75, 3.05) is 0 Å². The first kappa shape index (κ1) is 31.4. The van der Waals surface area contributed by atoms with Gasteiger partial charge in [0.25, 0.3) is 0 Å². The first-order chi connectivity index (χ1) is 14.8. The van der Waals surface area contributed by atoms with E-state index in [-0.39, 0.29) is 69.9 Å². The van der Waals surface area contributed by atoms with Gasteiger partial charge in [-0.25, -0.2) is 16.8 Å². The molecule has 0 aliphatic rings. The molecule has 14 heteroatoms. The van der Waals surface area contributed by atoms with E-state index in [9.17, 15) is 36.2 Å². The molecule has 0 fully saturated rings. The molecule has 8 nitrogen and oxygen atoms in total. The van der Waals surface area contributed by atoms with Crippen molar-refractivity contribution in [3.05, 3.63) is 70.7 Å². The Morgan fingerprint density at radius 3 is 1.18 bits per heavy atom. The molecule has 0 unspecified atom stereocenters. The number of benzene rings is 4. The Morgan fingerprint density at radius 2 is 0.882 bits per heavy atom. The van der Waals surface area contributed by atoms with E-state index in [1.807, 2.05) is 0 Å². The standard InChI is InChI=1S/2C10H7ClO4S.2Na/c2*11-8-3-1-2-7-6(8)4-5-9(12)10(7)16(13,14)15;;/h2*1-5,12H,(H,13,14,15);;/q;;2*+1/p-2. The molecule has 0 aromatic heterocycles. The van der Waals surface area contributed by atoms with Crippen LogP contribution in [-0.4, -0.2) is 36.2 Å². The third-order valence-electron chi connectivity index (χ3n) is 4.38. The molecule has 0 amide bonds. The molecule has 168 valence electrons. The predicted molar refractivity (Wildman–Crippen MR) is 117 cm³/mol. The van der Waals surface area contributed by atoms with E-state index in [2.05, 4.69) is 0 Å². The van der Waals surface area contributed by atoms with Gasteiger partial charge in [-0.05, 0) is 36.4 Å². The number of hydrogen-bond acceptors (Lipinski definition) is 8. The van der Waals surface area contributed by atoms with Gasteiger partial charge in [0, 0.05) is 31.6 Å². The summed E-state index contributed by atoms with van der Waals surface area (Å²) in [6, 6.07) is 14.2. The molecule has 0 aliphatic heterocycles. The minimum Gasteiger partial charge on any atom is -0.744 e. The van der Waals surface area contributed by atoms with Crippen molar-refractivity contribution in [3.8, 4) is 11.5 Å². The summed E-state index contributed by atoms with van der Waals surface area (Å²) >= 11 is 11.7. The predicted octanol–water partition coefficient (Wildman–Crippen LogP) is -1.79. The van der Waals surface area contributed by atoms with Crippen LogP contribution >= 0.6 is 23.2 Å². The van der Waals surface area contributed by atoms with Gasteiger partial charge in [-0.15, -0.1) is 0 Å². The maximum atomic E-state index is 11.0. The number of aromatic hydroxyl groups is 2. The fourth-order valence-corrected chi connectivity index (χ4v) is 5.10. The summed E-state index contributed by atoms with van der Waals surface area (Å²) in [6.45, 7) is 0. The topological polar surface area (TPSA) is 155 Å². The Kier molecular flexibility index (Phi) is 11.2. The van der Waals surface area contributed by atoms with Crippen LogP contribution in [0.1, 0.15) is 0 Å². The normalized spacial score (nSPS) is 11.2. The molecule has 0 bridgehead atoms. The van der Waals surface area contributed by atoms with Crippen molar-refractivity contribution in [2.45, 2.75) is 9.79 Å². The molecule has 34 heavy (non-hydrogen) atoms. The quantitative estimate of drug-likeness (QED) is 0.215. The van der Waals surface area contributed by atoms with Crippen LogP contribution < -0.4 is 59.1 Å². The van der Waals surface area contributed by atoms with Crippen molar-refractivity contribution in [1.29, 1.82) is 0 Å². The molecule has 0 heterocycles. The number of rotatable bonds is 2. The third kappa shape index (κ3) is 6.78. The SMILES string of the molecule is O=S(=O)([O-])c1c(O)ccc2c(Cl)cccc12.O=S(=O)([O-])c1c(O)ccc2c(Cl)cccc12.[Na+].[Na+]. The Morgan fingerprint density at radius 1 is 0.559 bits per heavy atom. The van der Waals surface area contributed by atoms with Gasteiger partial charge in [0.2, 0.25) is 0 Å². The van der Waals surface area contributed by atoms with Gasteiger partial charge in [0.05, 0.1) is 0 Å². The van der Waals surface area contributed by atoms with E-state index in [0.717, 1.165) is 12.1 Å². The average Bonchev–Trinajstić information content (AvgIpc) is 2.66. The van der Waals surface area contributed by atoms with Crippen molar-refractivity contribution < 1.29 is 95.3 Å². The van der Waals surface area contributed by atoms with Crippen LogP contribution in [-0.2, 0) is 20.2 Å². The van der Waals surface area contributed by atoms with Gasteiger partial charge in [-0.1, -0.05) is 47.5 Å². The number of phenols is 2. The maximum Gasteiger partial charge on any atom is 1.00 e. The number of phenolic OH excluding ortho intramolecular Hbond substituents is 2. The van der Waals surface area contributed by atoms with Gasteiger partial charge >= 0.3 is 59.1 Å². The second-order valence-corrected chi connectivity index (χ2v) is 9.85. The first-order valence-corrected chi connectivity index (χ1v) is 12.1. The Balaban J connectivity index is 0.000000321. The molecular weight excluding hydrogens is 549 g/mol. The molecule has 0 radical (unpaired) electrons. The summed E-state index contributed by atoms with van der Waals surface area (Å²) < 4.78 is 66.1.